The van der Waals surface area contributed by atoms with Crippen LogP contribution in [0.4, 0.5) is 5.00 Å². The third-order valence-corrected chi connectivity index (χ3v) is 5.39. The molecule has 6 nitrogen and oxygen atoms in total. The summed E-state index contributed by atoms with van der Waals surface area (Å²) in [5.74, 6) is 0.505. The standard InChI is InChI=1S/C24H25NO5S/c1-5-29-24(27)22-20(17-6-8-18(28-4)9-7-17)14-31-23(22)25-21(26)13-30-19-11-15(2)10-16(3)12-19/h6-12,14H,5,13H2,1-4H3,(H,25,26). The molecule has 1 aromatic heterocycles. The van der Waals surface area contributed by atoms with E-state index in [2.05, 4.69) is 5.32 Å². The van der Waals surface area contributed by atoms with E-state index in [0.717, 1.165) is 16.7 Å². The number of ether oxygens (including phenoxy) is 3. The Labute approximate surface area is 185 Å². The summed E-state index contributed by atoms with van der Waals surface area (Å²) in [6.07, 6.45) is 0. The predicted octanol–water partition coefficient (Wildman–Crippen LogP) is 5.23. The lowest BCUT2D eigenvalue weighted by molar-refractivity contribution is -0.118. The van der Waals surface area contributed by atoms with Crippen LogP contribution in [0.2, 0.25) is 0 Å². The van der Waals surface area contributed by atoms with Gasteiger partial charge in [-0.1, -0.05) is 18.2 Å². The Morgan fingerprint density at radius 1 is 1.00 bits per heavy atom. The Hall–Kier alpha value is -3.32. The van der Waals surface area contributed by atoms with Gasteiger partial charge in [0.2, 0.25) is 0 Å². The molecule has 0 bridgehead atoms. The molecule has 1 heterocycles. The molecular formula is C24H25NO5S. The van der Waals surface area contributed by atoms with E-state index in [1.165, 1.54) is 11.3 Å². The summed E-state index contributed by atoms with van der Waals surface area (Å²) in [6.45, 7) is 5.75. The highest BCUT2D eigenvalue weighted by molar-refractivity contribution is 7.15. The zero-order valence-electron chi connectivity index (χ0n) is 18.0. The summed E-state index contributed by atoms with van der Waals surface area (Å²) in [5, 5.41) is 5.05. The Bertz CT molecular complexity index is 1050. The van der Waals surface area contributed by atoms with E-state index in [0.29, 0.717) is 27.6 Å². The number of carbonyl (C=O) groups excluding carboxylic acids is 2. The summed E-state index contributed by atoms with van der Waals surface area (Å²) in [7, 11) is 1.59. The van der Waals surface area contributed by atoms with E-state index in [-0.39, 0.29) is 19.1 Å². The van der Waals surface area contributed by atoms with Gasteiger partial charge < -0.3 is 19.5 Å². The molecular weight excluding hydrogens is 414 g/mol. The minimum Gasteiger partial charge on any atom is -0.497 e. The van der Waals surface area contributed by atoms with Gasteiger partial charge in [-0.05, 0) is 61.7 Å². The molecule has 0 saturated carbocycles. The first kappa shape index (κ1) is 22.4. The maximum Gasteiger partial charge on any atom is 0.341 e. The number of aryl methyl sites for hydroxylation is 2. The maximum absolute atomic E-state index is 12.7. The molecule has 0 saturated heterocycles. The molecule has 0 aliphatic heterocycles. The number of hydrogen-bond donors (Lipinski definition) is 1. The van der Waals surface area contributed by atoms with Crippen LogP contribution in [0.25, 0.3) is 11.1 Å². The predicted molar refractivity (Wildman–Crippen MR) is 122 cm³/mol. The fourth-order valence-electron chi connectivity index (χ4n) is 3.17. The molecule has 1 N–H and O–H groups in total. The zero-order valence-corrected chi connectivity index (χ0v) is 18.8. The lowest BCUT2D eigenvalue weighted by Gasteiger charge is -2.10. The molecule has 0 aliphatic carbocycles. The number of thiophene rings is 1. The van der Waals surface area contributed by atoms with Crippen LogP contribution in [0, 0.1) is 13.8 Å². The summed E-state index contributed by atoms with van der Waals surface area (Å²) in [5.41, 5.74) is 3.96. The molecule has 3 aromatic rings. The van der Waals surface area contributed by atoms with Crippen molar-refractivity contribution >= 4 is 28.2 Å². The minimum atomic E-state index is -0.486. The second-order valence-electron chi connectivity index (χ2n) is 6.96. The third kappa shape index (κ3) is 5.64. The molecule has 0 aliphatic rings. The number of anilines is 1. The molecule has 0 atom stereocenters. The molecule has 0 radical (unpaired) electrons. The maximum atomic E-state index is 12.7. The lowest BCUT2D eigenvalue weighted by atomic mass is 10.0. The quantitative estimate of drug-likeness (QED) is 0.486. The van der Waals surface area contributed by atoms with Gasteiger partial charge in [0, 0.05) is 10.9 Å². The van der Waals surface area contributed by atoms with Crippen molar-refractivity contribution < 1.29 is 23.8 Å². The summed E-state index contributed by atoms with van der Waals surface area (Å²) >= 11 is 1.27. The smallest absolute Gasteiger partial charge is 0.341 e. The van der Waals surface area contributed by atoms with E-state index in [4.69, 9.17) is 14.2 Å². The van der Waals surface area contributed by atoms with Gasteiger partial charge in [-0.15, -0.1) is 11.3 Å². The molecule has 0 fully saturated rings. The number of hydrogen-bond acceptors (Lipinski definition) is 6. The van der Waals surface area contributed by atoms with Gasteiger partial charge in [0.15, 0.2) is 6.61 Å². The van der Waals surface area contributed by atoms with E-state index in [1.54, 1.807) is 14.0 Å². The average molecular weight is 440 g/mol. The Morgan fingerprint density at radius 3 is 2.29 bits per heavy atom. The fraction of sp³-hybridized carbons (Fsp3) is 0.250. The van der Waals surface area contributed by atoms with Crippen molar-refractivity contribution in [1.82, 2.24) is 0 Å². The van der Waals surface area contributed by atoms with Crippen LogP contribution in [-0.2, 0) is 9.53 Å². The largest absolute Gasteiger partial charge is 0.497 e. The summed E-state index contributed by atoms with van der Waals surface area (Å²) in [4.78, 5) is 25.2. The number of rotatable bonds is 8. The van der Waals surface area contributed by atoms with Crippen LogP contribution in [0.5, 0.6) is 11.5 Å². The third-order valence-electron chi connectivity index (χ3n) is 4.49. The van der Waals surface area contributed by atoms with Crippen molar-refractivity contribution in [1.29, 1.82) is 0 Å². The van der Waals surface area contributed by atoms with Crippen LogP contribution in [0.15, 0.2) is 47.8 Å². The van der Waals surface area contributed by atoms with Gasteiger partial charge in [0.05, 0.1) is 13.7 Å². The highest BCUT2D eigenvalue weighted by Crippen LogP contribution is 2.36. The lowest BCUT2D eigenvalue weighted by Crippen LogP contribution is -2.21. The number of amides is 1. The van der Waals surface area contributed by atoms with Gasteiger partial charge in [-0.25, -0.2) is 4.79 Å². The first-order valence-electron chi connectivity index (χ1n) is 9.85. The molecule has 0 spiro atoms. The number of esters is 1. The number of benzene rings is 2. The Morgan fingerprint density at radius 2 is 1.68 bits per heavy atom. The topological polar surface area (TPSA) is 73.9 Å². The molecule has 3 rings (SSSR count). The van der Waals surface area contributed by atoms with Crippen LogP contribution in [0.1, 0.15) is 28.4 Å². The monoisotopic (exact) mass is 439 g/mol. The van der Waals surface area contributed by atoms with Crippen LogP contribution in [0.3, 0.4) is 0 Å². The highest BCUT2D eigenvalue weighted by Gasteiger charge is 2.23. The highest BCUT2D eigenvalue weighted by atomic mass is 32.1. The molecule has 1 amide bonds. The van der Waals surface area contributed by atoms with E-state index < -0.39 is 5.97 Å². The number of nitrogens with one attached hydrogen (secondary N) is 1. The molecule has 2 aromatic carbocycles. The second kappa shape index (κ2) is 10.1. The van der Waals surface area contributed by atoms with Crippen LogP contribution >= 0.6 is 11.3 Å². The molecule has 7 heteroatoms. The first-order valence-corrected chi connectivity index (χ1v) is 10.7. The van der Waals surface area contributed by atoms with Gasteiger partial charge in [-0.3, -0.25) is 4.79 Å². The second-order valence-corrected chi connectivity index (χ2v) is 7.84. The van der Waals surface area contributed by atoms with Gasteiger partial charge in [0.25, 0.3) is 5.91 Å². The zero-order chi connectivity index (χ0) is 22.4. The van der Waals surface area contributed by atoms with Crippen molar-refractivity contribution in [3.8, 4) is 22.6 Å². The van der Waals surface area contributed by atoms with Crippen LogP contribution in [-0.4, -0.2) is 32.2 Å². The van der Waals surface area contributed by atoms with Crippen molar-refractivity contribution in [2.24, 2.45) is 0 Å². The number of methoxy groups -OCH3 is 1. The first-order chi connectivity index (χ1) is 14.9. The normalized spacial score (nSPS) is 10.5. The molecule has 0 unspecified atom stereocenters. The molecule has 31 heavy (non-hydrogen) atoms. The Balaban J connectivity index is 1.80. The van der Waals surface area contributed by atoms with Gasteiger partial charge >= 0.3 is 5.97 Å². The Kier molecular flexibility index (Phi) is 7.31. The van der Waals surface area contributed by atoms with Crippen molar-refractivity contribution in [3.63, 3.8) is 0 Å². The minimum absolute atomic E-state index is 0.166. The van der Waals surface area contributed by atoms with Crippen molar-refractivity contribution in [2.75, 3.05) is 25.6 Å². The van der Waals surface area contributed by atoms with E-state index in [1.807, 2.05) is 61.7 Å². The van der Waals surface area contributed by atoms with Gasteiger partial charge in [-0.2, -0.15) is 0 Å². The SMILES string of the molecule is CCOC(=O)c1c(-c2ccc(OC)cc2)csc1NC(=O)COc1cc(C)cc(C)c1. The van der Waals surface area contributed by atoms with E-state index >= 15 is 0 Å². The number of carbonyl (C=O) groups is 2. The molecule has 162 valence electrons. The fourth-order valence-corrected chi connectivity index (χ4v) is 4.14. The summed E-state index contributed by atoms with van der Waals surface area (Å²) < 4.78 is 16.1. The van der Waals surface area contributed by atoms with Crippen LogP contribution < -0.4 is 14.8 Å². The summed E-state index contributed by atoms with van der Waals surface area (Å²) in [6, 6.07) is 13.1. The van der Waals surface area contributed by atoms with Crippen molar-refractivity contribution in [3.05, 3.63) is 64.5 Å². The van der Waals surface area contributed by atoms with Crippen molar-refractivity contribution in [2.45, 2.75) is 20.8 Å². The average Bonchev–Trinajstić information content (AvgIpc) is 3.15. The van der Waals surface area contributed by atoms with Gasteiger partial charge in [0.1, 0.15) is 22.1 Å². The van der Waals surface area contributed by atoms with E-state index in [9.17, 15) is 9.59 Å².